The number of ether oxygens (including phenoxy) is 1. The molecule has 4 rings (SSSR count). The van der Waals surface area contributed by atoms with Gasteiger partial charge in [-0.25, -0.2) is 8.78 Å². The zero-order chi connectivity index (χ0) is 26.5. The molecule has 0 bridgehead atoms. The summed E-state index contributed by atoms with van der Waals surface area (Å²) >= 11 is 0. The van der Waals surface area contributed by atoms with Crippen molar-refractivity contribution >= 4 is 18.0 Å². The molecular formula is C28H28F2N2O4. The van der Waals surface area contributed by atoms with Gasteiger partial charge in [0.05, 0.1) is 28.2 Å². The normalized spacial score (nSPS) is 29.4. The summed E-state index contributed by atoms with van der Waals surface area (Å²) in [5, 5.41) is 19.3. The van der Waals surface area contributed by atoms with E-state index in [0.717, 1.165) is 11.1 Å². The Hall–Kier alpha value is -3.60. The zero-order valence-corrected chi connectivity index (χ0v) is 20.5. The number of hydrogen-bond acceptors (Lipinski definition) is 5. The van der Waals surface area contributed by atoms with Crippen LogP contribution in [0.25, 0.3) is 17.2 Å². The number of carboxylic acid groups (broad SMARTS) is 1. The van der Waals surface area contributed by atoms with E-state index in [1.807, 2.05) is 12.1 Å². The van der Waals surface area contributed by atoms with Crippen LogP contribution in [0.4, 0.5) is 8.78 Å². The summed E-state index contributed by atoms with van der Waals surface area (Å²) in [6.07, 6.45) is 3.25. The lowest BCUT2D eigenvalue weighted by atomic mass is 9.48. The molecule has 2 aromatic rings. The molecule has 1 aromatic carbocycles. The Morgan fingerprint density at radius 1 is 1.25 bits per heavy atom. The molecule has 1 aliphatic heterocycles. The van der Waals surface area contributed by atoms with Crippen LogP contribution < -0.4 is 0 Å². The molecule has 188 valence electrons. The molecule has 1 N–H and O–H groups in total. The predicted molar refractivity (Wildman–Crippen MR) is 129 cm³/mol. The molecule has 5 atom stereocenters. The highest BCUT2D eigenvalue weighted by Gasteiger charge is 2.74. The average Bonchev–Trinajstić information content (AvgIpc) is 3.09. The van der Waals surface area contributed by atoms with E-state index in [2.05, 4.69) is 11.1 Å². The van der Waals surface area contributed by atoms with Crippen molar-refractivity contribution in [3.63, 3.8) is 0 Å². The predicted octanol–water partition coefficient (Wildman–Crippen LogP) is 5.58. The highest BCUT2D eigenvalue weighted by molar-refractivity contribution is 5.89. The lowest BCUT2D eigenvalue weighted by molar-refractivity contribution is -0.201. The van der Waals surface area contributed by atoms with Gasteiger partial charge in [0, 0.05) is 35.6 Å². The maximum atomic E-state index is 15.4. The number of halogens is 2. The van der Waals surface area contributed by atoms with E-state index in [1.54, 1.807) is 49.5 Å². The van der Waals surface area contributed by atoms with E-state index < -0.39 is 59.0 Å². The fourth-order valence-corrected chi connectivity index (χ4v) is 5.92. The zero-order valence-electron chi connectivity index (χ0n) is 20.5. The third kappa shape index (κ3) is 3.78. The van der Waals surface area contributed by atoms with Gasteiger partial charge in [-0.15, -0.1) is 0 Å². The van der Waals surface area contributed by atoms with Crippen molar-refractivity contribution in [2.24, 2.45) is 28.6 Å². The van der Waals surface area contributed by atoms with Gasteiger partial charge in [0.15, 0.2) is 0 Å². The number of rotatable bonds is 5. The summed E-state index contributed by atoms with van der Waals surface area (Å²) in [6.45, 7) is 5.72. The maximum Gasteiger partial charge on any atom is 0.314 e. The van der Waals surface area contributed by atoms with Crippen LogP contribution in [0.3, 0.4) is 0 Å². The molecule has 2 heterocycles. The smallest absolute Gasteiger partial charge is 0.314 e. The van der Waals surface area contributed by atoms with Gasteiger partial charge in [0.25, 0.3) is 5.92 Å². The van der Waals surface area contributed by atoms with Crippen LogP contribution in [0.1, 0.15) is 45.4 Å². The lowest BCUT2D eigenvalue weighted by Gasteiger charge is -2.52. The van der Waals surface area contributed by atoms with Crippen LogP contribution >= 0.6 is 0 Å². The van der Waals surface area contributed by atoms with Gasteiger partial charge >= 0.3 is 11.9 Å². The van der Waals surface area contributed by atoms with Crippen molar-refractivity contribution in [3.05, 3.63) is 59.9 Å². The van der Waals surface area contributed by atoms with Crippen molar-refractivity contribution in [1.82, 2.24) is 4.98 Å². The number of aliphatic carboxylic acids is 1. The summed E-state index contributed by atoms with van der Waals surface area (Å²) in [5.41, 5.74) is -1.13. The van der Waals surface area contributed by atoms with Crippen LogP contribution in [0.5, 0.6) is 0 Å². The van der Waals surface area contributed by atoms with E-state index in [0.29, 0.717) is 11.3 Å². The number of fused-ring (bicyclic) bond motifs is 1. The number of cyclic esters (lactones) is 1. The van der Waals surface area contributed by atoms with Gasteiger partial charge in [-0.05, 0) is 44.9 Å². The van der Waals surface area contributed by atoms with Gasteiger partial charge in [0.1, 0.15) is 6.10 Å². The molecule has 0 unspecified atom stereocenters. The average molecular weight is 495 g/mol. The van der Waals surface area contributed by atoms with Crippen LogP contribution in [0, 0.1) is 39.9 Å². The molecule has 0 spiro atoms. The number of pyridine rings is 1. The monoisotopic (exact) mass is 494 g/mol. The number of allylic oxidation sites excluding steroid dienone is 1. The highest BCUT2D eigenvalue weighted by Crippen LogP contribution is 2.65. The number of benzene rings is 1. The second kappa shape index (κ2) is 8.81. The summed E-state index contributed by atoms with van der Waals surface area (Å²) < 4.78 is 36.2. The Kier molecular flexibility index (Phi) is 6.24. The Morgan fingerprint density at radius 2 is 1.94 bits per heavy atom. The third-order valence-corrected chi connectivity index (χ3v) is 8.19. The Balaban J connectivity index is 1.72. The minimum Gasteiger partial charge on any atom is -0.481 e. The minimum absolute atomic E-state index is 0.510. The number of carbonyl (C=O) groups is 2. The number of nitriles is 1. The van der Waals surface area contributed by atoms with Gasteiger partial charge in [-0.1, -0.05) is 37.3 Å². The van der Waals surface area contributed by atoms with Gasteiger partial charge in [-0.3, -0.25) is 14.6 Å². The highest BCUT2D eigenvalue weighted by atomic mass is 19.3. The van der Waals surface area contributed by atoms with E-state index in [4.69, 9.17) is 4.74 Å². The molecule has 1 saturated carbocycles. The van der Waals surface area contributed by atoms with E-state index >= 15 is 8.78 Å². The number of carboxylic acids is 1. The standard InChI is InChI=1S/C28H28F2N2O4/c1-16-21(12-11-20-10-9-19(14-32-20)22-8-6-5-7-18(22)13-31)23-17(2)36-25(35)27(23,15-28(16,29)30)26(3,4)24(33)34/h5-12,14,16-17,21,23H,15H2,1-4H3,(H,33,34)/t16-,17+,21-,23-,27-/m0/s1. The van der Waals surface area contributed by atoms with Crippen molar-refractivity contribution in [3.8, 4) is 17.2 Å². The van der Waals surface area contributed by atoms with E-state index in [-0.39, 0.29) is 0 Å². The molecule has 1 saturated heterocycles. The molecule has 2 aliphatic rings. The summed E-state index contributed by atoms with van der Waals surface area (Å²) in [7, 11) is 0. The van der Waals surface area contributed by atoms with E-state index in [9.17, 15) is 20.0 Å². The molecule has 0 radical (unpaired) electrons. The van der Waals surface area contributed by atoms with Crippen molar-refractivity contribution < 1.29 is 28.2 Å². The fourth-order valence-electron chi connectivity index (χ4n) is 5.92. The Labute approximate surface area is 208 Å². The first-order valence-electron chi connectivity index (χ1n) is 11.8. The molecule has 1 aliphatic carbocycles. The molecule has 36 heavy (non-hydrogen) atoms. The molecule has 2 fully saturated rings. The minimum atomic E-state index is -3.28. The first-order valence-corrected chi connectivity index (χ1v) is 11.8. The SMILES string of the molecule is C[C@H]1OC(=O)[C@]2(C(C)(C)C(=O)O)CC(F)(F)[C@@H](C)[C@H](C=Cc3ccc(-c4ccccc4C#N)cn3)[C@H]12. The Bertz CT molecular complexity index is 1270. The van der Waals surface area contributed by atoms with Crippen LogP contribution in [-0.4, -0.2) is 34.1 Å². The number of aromatic nitrogens is 1. The molecule has 8 heteroatoms. The maximum absolute atomic E-state index is 15.4. The van der Waals surface area contributed by atoms with Crippen molar-refractivity contribution in [1.29, 1.82) is 5.26 Å². The summed E-state index contributed by atoms with van der Waals surface area (Å²) in [4.78, 5) is 29.6. The van der Waals surface area contributed by atoms with Crippen LogP contribution in [-0.2, 0) is 14.3 Å². The number of hydrogen-bond donors (Lipinski definition) is 1. The fraction of sp³-hybridized carbons (Fsp3) is 0.429. The lowest BCUT2D eigenvalue weighted by Crippen LogP contribution is -2.61. The summed E-state index contributed by atoms with van der Waals surface area (Å²) in [6, 6.07) is 12.8. The summed E-state index contributed by atoms with van der Waals surface area (Å²) in [5.74, 6) is -8.19. The number of esters is 1. The second-order valence-corrected chi connectivity index (χ2v) is 10.3. The number of alkyl halides is 2. The molecule has 6 nitrogen and oxygen atoms in total. The number of nitrogens with zero attached hydrogens (tertiary/aromatic N) is 2. The molecule has 1 aromatic heterocycles. The largest absolute Gasteiger partial charge is 0.481 e. The third-order valence-electron chi connectivity index (χ3n) is 8.19. The van der Waals surface area contributed by atoms with Crippen molar-refractivity contribution in [2.75, 3.05) is 0 Å². The van der Waals surface area contributed by atoms with Gasteiger partial charge < -0.3 is 9.84 Å². The first-order chi connectivity index (χ1) is 16.9. The van der Waals surface area contributed by atoms with Gasteiger partial charge in [-0.2, -0.15) is 5.26 Å². The van der Waals surface area contributed by atoms with Gasteiger partial charge in [0.2, 0.25) is 0 Å². The first kappa shape index (κ1) is 25.5. The number of carbonyl (C=O) groups excluding carboxylic acids is 1. The van der Waals surface area contributed by atoms with E-state index in [1.165, 1.54) is 20.8 Å². The molecule has 0 amide bonds. The molecular weight excluding hydrogens is 466 g/mol. The second-order valence-electron chi connectivity index (χ2n) is 10.3. The quantitative estimate of drug-likeness (QED) is 0.545. The van der Waals surface area contributed by atoms with Crippen LogP contribution in [0.15, 0.2) is 48.7 Å². The Morgan fingerprint density at radius 3 is 2.56 bits per heavy atom. The van der Waals surface area contributed by atoms with Crippen molar-refractivity contribution in [2.45, 2.75) is 46.1 Å². The topological polar surface area (TPSA) is 100 Å². The van der Waals surface area contributed by atoms with Crippen LogP contribution in [0.2, 0.25) is 0 Å².